The first-order valence-electron chi connectivity index (χ1n) is 6.53. The summed E-state index contributed by atoms with van der Waals surface area (Å²) in [7, 11) is 1.47. The van der Waals surface area contributed by atoms with Crippen LogP contribution in [0, 0.1) is 0 Å². The van der Waals surface area contributed by atoms with Gasteiger partial charge in [0.2, 0.25) is 0 Å². The maximum absolute atomic E-state index is 13.3. The maximum Gasteiger partial charge on any atom is 0.280 e. The molecule has 8 heteroatoms. The number of methoxy groups -OCH3 is 1. The molecule has 0 radical (unpaired) electrons. The number of halogens is 3. The Hall–Kier alpha value is -2.54. The second kappa shape index (κ2) is 5.92. The van der Waals surface area contributed by atoms with Crippen molar-refractivity contribution in [2.75, 3.05) is 7.11 Å². The molecule has 0 bridgehead atoms. The van der Waals surface area contributed by atoms with Crippen molar-refractivity contribution < 1.29 is 18.3 Å². The summed E-state index contributed by atoms with van der Waals surface area (Å²) >= 11 is 5.47. The Labute approximate surface area is 134 Å². The Bertz CT molecular complexity index is 896. The van der Waals surface area contributed by atoms with Crippen molar-refractivity contribution in [1.29, 1.82) is 0 Å². The summed E-state index contributed by atoms with van der Waals surface area (Å²) in [6.07, 6.45) is -1.68. The number of rotatable bonds is 4. The fourth-order valence-electron chi connectivity index (χ4n) is 2.27. The molecule has 5 nitrogen and oxygen atoms in total. The fraction of sp³-hybridized carbons (Fsp3) is 0.133. The molecule has 0 aliphatic carbocycles. The van der Waals surface area contributed by atoms with Crippen molar-refractivity contribution >= 4 is 22.5 Å². The predicted octanol–water partition coefficient (Wildman–Crippen LogP) is 3.72. The van der Waals surface area contributed by atoms with Gasteiger partial charge in [0, 0.05) is 5.56 Å². The highest BCUT2D eigenvalue weighted by Crippen LogP contribution is 2.32. The minimum Gasteiger partial charge on any atom is -0.496 e. The van der Waals surface area contributed by atoms with Gasteiger partial charge in [-0.3, -0.25) is 4.79 Å². The molecular weight excluding hydrogens is 328 g/mol. The van der Waals surface area contributed by atoms with Crippen molar-refractivity contribution in [3.63, 3.8) is 0 Å². The largest absolute Gasteiger partial charge is 0.496 e. The summed E-state index contributed by atoms with van der Waals surface area (Å²) in [4.78, 5) is 15.7. The summed E-state index contributed by atoms with van der Waals surface area (Å²) in [6.45, 7) is 0. The lowest BCUT2D eigenvalue weighted by atomic mass is 10.1. The van der Waals surface area contributed by atoms with Gasteiger partial charge < -0.3 is 4.74 Å². The highest BCUT2D eigenvalue weighted by molar-refractivity contribution is 6.68. The number of benzene rings is 1. The molecule has 23 heavy (non-hydrogen) atoms. The number of alkyl halides is 2. The molecule has 0 aliphatic heterocycles. The molecule has 0 saturated carbocycles. The first kappa shape index (κ1) is 15.4. The van der Waals surface area contributed by atoms with E-state index in [4.69, 9.17) is 16.3 Å². The zero-order chi connectivity index (χ0) is 16.6. The van der Waals surface area contributed by atoms with Crippen molar-refractivity contribution in [1.82, 2.24) is 14.6 Å². The van der Waals surface area contributed by atoms with Gasteiger partial charge in [0.15, 0.2) is 5.65 Å². The second-order valence-electron chi connectivity index (χ2n) is 4.63. The highest BCUT2D eigenvalue weighted by atomic mass is 35.5. The average molecular weight is 338 g/mol. The summed E-state index contributed by atoms with van der Waals surface area (Å²) in [5, 5.41) is 2.96. The normalized spacial score (nSPS) is 11.2. The molecule has 0 N–H and O–H groups in total. The fourth-order valence-corrected chi connectivity index (χ4v) is 2.41. The predicted molar refractivity (Wildman–Crippen MR) is 80.1 cm³/mol. The number of carbonyl (C=O) groups is 1. The van der Waals surface area contributed by atoms with E-state index in [1.165, 1.54) is 13.2 Å². The molecule has 1 aromatic carbocycles. The van der Waals surface area contributed by atoms with Gasteiger partial charge in [-0.05, 0) is 29.8 Å². The SMILES string of the molecule is COc1ccccc1-c1cc(C(F)F)n2ncc(C(=O)Cl)c2n1. The Kier molecular flexibility index (Phi) is 3.96. The molecule has 2 aromatic heterocycles. The molecule has 0 spiro atoms. The van der Waals surface area contributed by atoms with Crippen LogP contribution in [0.4, 0.5) is 8.78 Å². The number of hydrogen-bond donors (Lipinski definition) is 0. The van der Waals surface area contributed by atoms with Crippen LogP contribution >= 0.6 is 11.6 Å². The van der Waals surface area contributed by atoms with E-state index in [0.717, 1.165) is 10.7 Å². The number of aromatic nitrogens is 3. The minimum absolute atomic E-state index is 0.0243. The molecule has 0 unspecified atom stereocenters. The van der Waals surface area contributed by atoms with Crippen LogP contribution in [-0.2, 0) is 0 Å². The number of nitrogens with zero attached hydrogens (tertiary/aromatic N) is 3. The van der Waals surface area contributed by atoms with E-state index >= 15 is 0 Å². The third-order valence-corrected chi connectivity index (χ3v) is 3.52. The van der Waals surface area contributed by atoms with Crippen LogP contribution in [-0.4, -0.2) is 27.0 Å². The monoisotopic (exact) mass is 337 g/mol. The van der Waals surface area contributed by atoms with Gasteiger partial charge in [0.05, 0.1) is 24.6 Å². The van der Waals surface area contributed by atoms with Crippen molar-refractivity contribution in [3.8, 4) is 17.0 Å². The van der Waals surface area contributed by atoms with Crippen LogP contribution in [0.5, 0.6) is 5.75 Å². The van der Waals surface area contributed by atoms with E-state index in [0.29, 0.717) is 11.3 Å². The molecule has 3 rings (SSSR count). The van der Waals surface area contributed by atoms with Gasteiger partial charge in [0.25, 0.3) is 11.7 Å². The zero-order valence-corrected chi connectivity index (χ0v) is 12.6. The van der Waals surface area contributed by atoms with Crippen molar-refractivity contribution in [2.24, 2.45) is 0 Å². The third kappa shape index (κ3) is 2.63. The lowest BCUT2D eigenvalue weighted by Gasteiger charge is -2.10. The lowest BCUT2D eigenvalue weighted by Crippen LogP contribution is -2.04. The number of ether oxygens (including phenoxy) is 1. The van der Waals surface area contributed by atoms with Gasteiger partial charge in [-0.25, -0.2) is 18.3 Å². The summed E-state index contributed by atoms with van der Waals surface area (Å²) in [5.74, 6) is 0.475. The van der Waals surface area contributed by atoms with E-state index in [1.807, 2.05) is 0 Å². The molecule has 0 aliphatic rings. The molecular formula is C15H10ClF2N3O2. The molecule has 2 heterocycles. The topological polar surface area (TPSA) is 56.5 Å². The molecule has 3 aromatic rings. The number of fused-ring (bicyclic) bond motifs is 1. The standard InChI is InChI=1S/C15H10ClF2N3O2/c1-23-12-5-3-2-4-8(12)10-6-11(14(17)18)21-15(20-10)9(7-19-21)13(16)22/h2-7,14H,1H3. The van der Waals surface area contributed by atoms with Gasteiger partial charge in [-0.15, -0.1) is 0 Å². The van der Waals surface area contributed by atoms with Crippen LogP contribution in [0.15, 0.2) is 36.5 Å². The van der Waals surface area contributed by atoms with E-state index < -0.39 is 11.7 Å². The quantitative estimate of drug-likeness (QED) is 0.681. The number of para-hydroxylation sites is 1. The zero-order valence-electron chi connectivity index (χ0n) is 11.8. The van der Waals surface area contributed by atoms with Crippen LogP contribution in [0.25, 0.3) is 16.9 Å². The molecule has 0 atom stereocenters. The van der Waals surface area contributed by atoms with Crippen molar-refractivity contribution in [2.45, 2.75) is 6.43 Å². The summed E-state index contributed by atoms with van der Waals surface area (Å²) in [6, 6.07) is 8.07. The van der Waals surface area contributed by atoms with Crippen LogP contribution < -0.4 is 4.74 Å². The van der Waals surface area contributed by atoms with Crippen LogP contribution in [0.3, 0.4) is 0 Å². The van der Waals surface area contributed by atoms with E-state index in [9.17, 15) is 13.6 Å². The van der Waals surface area contributed by atoms with Crippen LogP contribution in [0.1, 0.15) is 22.5 Å². The second-order valence-corrected chi connectivity index (χ2v) is 4.98. The first-order chi connectivity index (χ1) is 11.0. The van der Waals surface area contributed by atoms with Gasteiger partial charge in [0.1, 0.15) is 11.4 Å². The molecule has 118 valence electrons. The minimum atomic E-state index is -2.80. The molecule has 0 saturated heterocycles. The number of carbonyl (C=O) groups excluding carboxylic acids is 1. The van der Waals surface area contributed by atoms with E-state index in [1.54, 1.807) is 24.3 Å². The van der Waals surface area contributed by atoms with E-state index in [-0.39, 0.29) is 22.6 Å². The molecule has 0 amide bonds. The Morgan fingerprint density at radius 2 is 2.09 bits per heavy atom. The Morgan fingerprint density at radius 1 is 1.35 bits per heavy atom. The smallest absolute Gasteiger partial charge is 0.280 e. The van der Waals surface area contributed by atoms with Gasteiger partial charge >= 0.3 is 0 Å². The Morgan fingerprint density at radius 3 is 2.74 bits per heavy atom. The van der Waals surface area contributed by atoms with Gasteiger partial charge in [-0.1, -0.05) is 12.1 Å². The third-order valence-electron chi connectivity index (χ3n) is 3.32. The highest BCUT2D eigenvalue weighted by Gasteiger charge is 2.21. The molecule has 0 fully saturated rings. The van der Waals surface area contributed by atoms with E-state index in [2.05, 4.69) is 10.1 Å². The maximum atomic E-state index is 13.3. The van der Waals surface area contributed by atoms with Crippen molar-refractivity contribution in [3.05, 3.63) is 47.8 Å². The summed E-state index contributed by atoms with van der Waals surface area (Å²) in [5.41, 5.74) is 0.313. The average Bonchev–Trinajstić information content (AvgIpc) is 2.97. The van der Waals surface area contributed by atoms with Crippen LogP contribution in [0.2, 0.25) is 0 Å². The first-order valence-corrected chi connectivity index (χ1v) is 6.90. The van der Waals surface area contributed by atoms with Gasteiger partial charge in [-0.2, -0.15) is 5.10 Å². The Balaban J connectivity index is 2.33. The number of hydrogen-bond acceptors (Lipinski definition) is 4. The summed E-state index contributed by atoms with van der Waals surface area (Å²) < 4.78 is 32.8. The lowest BCUT2D eigenvalue weighted by molar-refractivity contribution is 0.108.